The number of amides is 1. The molecular formula is C13H19FN2O2. The van der Waals surface area contributed by atoms with Gasteiger partial charge < -0.3 is 15.4 Å². The molecule has 0 fully saturated rings. The topological polar surface area (TPSA) is 55.6 Å². The van der Waals surface area contributed by atoms with Crippen LogP contribution in [0.2, 0.25) is 0 Å². The molecule has 1 amide bonds. The summed E-state index contributed by atoms with van der Waals surface area (Å²) in [5.74, 6) is -0.345. The van der Waals surface area contributed by atoms with Crippen LogP contribution in [0.3, 0.4) is 0 Å². The first kappa shape index (κ1) is 14.4. The van der Waals surface area contributed by atoms with E-state index in [9.17, 15) is 9.18 Å². The maximum absolute atomic E-state index is 13.3. The average molecular weight is 254 g/mol. The van der Waals surface area contributed by atoms with Crippen molar-refractivity contribution in [1.82, 2.24) is 4.90 Å². The Morgan fingerprint density at radius 1 is 1.44 bits per heavy atom. The fourth-order valence-corrected chi connectivity index (χ4v) is 1.60. The second-order valence-corrected chi connectivity index (χ2v) is 4.16. The smallest absolute Gasteiger partial charge is 0.236 e. The van der Waals surface area contributed by atoms with Gasteiger partial charge in [0.2, 0.25) is 5.91 Å². The van der Waals surface area contributed by atoms with Crippen molar-refractivity contribution in [3.8, 4) is 5.75 Å². The van der Waals surface area contributed by atoms with Crippen LogP contribution < -0.4 is 10.5 Å². The Kier molecular flexibility index (Phi) is 5.58. The van der Waals surface area contributed by atoms with Gasteiger partial charge in [0.15, 0.2) is 11.6 Å². The molecule has 0 saturated heterocycles. The third-order valence-corrected chi connectivity index (χ3v) is 2.54. The van der Waals surface area contributed by atoms with Gasteiger partial charge in [0.05, 0.1) is 13.1 Å². The van der Waals surface area contributed by atoms with E-state index in [1.54, 1.807) is 23.1 Å². The monoisotopic (exact) mass is 254 g/mol. The van der Waals surface area contributed by atoms with Gasteiger partial charge in [-0.1, -0.05) is 12.1 Å². The Hall–Kier alpha value is -1.62. The summed E-state index contributed by atoms with van der Waals surface area (Å²) in [4.78, 5) is 13.1. The standard InChI is InChI=1S/C13H19FN2O2/c1-10(2)16(13(17)9-15)7-8-18-12-6-4-3-5-11(12)14/h3-6,10H,7-9,15H2,1-2H3. The Morgan fingerprint density at radius 3 is 2.67 bits per heavy atom. The largest absolute Gasteiger partial charge is 0.489 e. The molecule has 1 aromatic carbocycles. The lowest BCUT2D eigenvalue weighted by Crippen LogP contribution is -2.43. The highest BCUT2D eigenvalue weighted by atomic mass is 19.1. The summed E-state index contributed by atoms with van der Waals surface area (Å²) in [6, 6.07) is 6.23. The van der Waals surface area contributed by atoms with E-state index in [1.807, 2.05) is 13.8 Å². The SMILES string of the molecule is CC(C)N(CCOc1ccccc1F)C(=O)CN. The lowest BCUT2D eigenvalue weighted by molar-refractivity contribution is -0.131. The molecule has 0 heterocycles. The zero-order valence-electron chi connectivity index (χ0n) is 10.7. The van der Waals surface area contributed by atoms with Crippen molar-refractivity contribution in [3.63, 3.8) is 0 Å². The van der Waals surface area contributed by atoms with Crippen LogP contribution in [-0.4, -0.2) is 36.5 Å². The molecule has 4 nitrogen and oxygen atoms in total. The summed E-state index contributed by atoms with van der Waals surface area (Å²) in [5, 5.41) is 0. The molecule has 0 spiro atoms. The van der Waals surface area contributed by atoms with Gasteiger partial charge in [0.1, 0.15) is 6.61 Å². The van der Waals surface area contributed by atoms with Gasteiger partial charge in [-0.15, -0.1) is 0 Å². The van der Waals surface area contributed by atoms with Crippen LogP contribution in [0, 0.1) is 5.82 Å². The fraction of sp³-hybridized carbons (Fsp3) is 0.462. The van der Waals surface area contributed by atoms with Crippen LogP contribution in [0.15, 0.2) is 24.3 Å². The Bertz CT molecular complexity index is 396. The minimum Gasteiger partial charge on any atom is -0.489 e. The number of ether oxygens (including phenoxy) is 1. The molecule has 0 aliphatic rings. The average Bonchev–Trinajstić information content (AvgIpc) is 2.35. The van der Waals surface area contributed by atoms with E-state index in [0.717, 1.165) is 0 Å². The third-order valence-electron chi connectivity index (χ3n) is 2.54. The summed E-state index contributed by atoms with van der Waals surface area (Å²) in [6.45, 7) is 4.40. The molecule has 1 aromatic rings. The number of benzene rings is 1. The highest BCUT2D eigenvalue weighted by Gasteiger charge is 2.15. The minimum atomic E-state index is -0.404. The first-order valence-corrected chi connectivity index (χ1v) is 5.93. The molecule has 0 bridgehead atoms. The fourth-order valence-electron chi connectivity index (χ4n) is 1.60. The van der Waals surface area contributed by atoms with Crippen molar-refractivity contribution in [1.29, 1.82) is 0 Å². The van der Waals surface area contributed by atoms with E-state index in [0.29, 0.717) is 6.54 Å². The van der Waals surface area contributed by atoms with E-state index < -0.39 is 5.82 Å². The number of carbonyl (C=O) groups excluding carboxylic acids is 1. The lowest BCUT2D eigenvalue weighted by Gasteiger charge is -2.26. The third kappa shape index (κ3) is 4.00. The number of hydrogen-bond donors (Lipinski definition) is 1. The molecule has 0 aliphatic carbocycles. The maximum atomic E-state index is 13.3. The van der Waals surface area contributed by atoms with Crippen LogP contribution >= 0.6 is 0 Å². The van der Waals surface area contributed by atoms with Gasteiger partial charge in [0.25, 0.3) is 0 Å². The van der Waals surface area contributed by atoms with E-state index in [1.165, 1.54) is 6.07 Å². The number of hydrogen-bond acceptors (Lipinski definition) is 3. The number of para-hydroxylation sites is 1. The van der Waals surface area contributed by atoms with Crippen molar-refractivity contribution in [2.75, 3.05) is 19.7 Å². The highest BCUT2D eigenvalue weighted by molar-refractivity contribution is 5.78. The van der Waals surface area contributed by atoms with Gasteiger partial charge in [-0.25, -0.2) is 4.39 Å². The lowest BCUT2D eigenvalue weighted by atomic mass is 10.3. The van der Waals surface area contributed by atoms with Crippen molar-refractivity contribution in [2.45, 2.75) is 19.9 Å². The normalized spacial score (nSPS) is 10.5. The van der Waals surface area contributed by atoms with Crippen molar-refractivity contribution in [2.24, 2.45) is 5.73 Å². The predicted octanol–water partition coefficient (Wildman–Crippen LogP) is 1.40. The van der Waals surface area contributed by atoms with Crippen LogP contribution in [-0.2, 0) is 4.79 Å². The second kappa shape index (κ2) is 6.96. The van der Waals surface area contributed by atoms with Crippen LogP contribution in [0.1, 0.15) is 13.8 Å². The first-order chi connectivity index (χ1) is 8.56. The Morgan fingerprint density at radius 2 is 2.11 bits per heavy atom. The Labute approximate surface area is 107 Å². The van der Waals surface area contributed by atoms with Crippen molar-refractivity contribution >= 4 is 5.91 Å². The predicted molar refractivity (Wildman–Crippen MR) is 67.8 cm³/mol. The first-order valence-electron chi connectivity index (χ1n) is 5.93. The number of nitrogens with zero attached hydrogens (tertiary/aromatic N) is 1. The summed E-state index contributed by atoms with van der Waals surface area (Å²) in [6.07, 6.45) is 0. The highest BCUT2D eigenvalue weighted by Crippen LogP contribution is 2.15. The summed E-state index contributed by atoms with van der Waals surface area (Å²) in [7, 11) is 0. The zero-order valence-corrected chi connectivity index (χ0v) is 10.7. The number of halogens is 1. The number of rotatable bonds is 6. The van der Waals surface area contributed by atoms with Gasteiger partial charge in [-0.05, 0) is 26.0 Å². The van der Waals surface area contributed by atoms with Gasteiger partial charge in [0, 0.05) is 6.04 Å². The number of nitrogens with two attached hydrogens (primary N) is 1. The van der Waals surface area contributed by atoms with E-state index >= 15 is 0 Å². The van der Waals surface area contributed by atoms with Crippen LogP contribution in [0.4, 0.5) is 4.39 Å². The molecule has 0 unspecified atom stereocenters. The summed E-state index contributed by atoms with van der Waals surface area (Å²) >= 11 is 0. The maximum Gasteiger partial charge on any atom is 0.236 e. The second-order valence-electron chi connectivity index (χ2n) is 4.16. The molecule has 2 N–H and O–H groups in total. The molecule has 100 valence electrons. The molecule has 0 saturated carbocycles. The Balaban J connectivity index is 2.49. The molecule has 5 heteroatoms. The van der Waals surface area contributed by atoms with Crippen molar-refractivity contribution < 1.29 is 13.9 Å². The molecule has 0 aliphatic heterocycles. The van der Waals surface area contributed by atoms with Gasteiger partial charge in [-0.3, -0.25) is 4.79 Å². The van der Waals surface area contributed by atoms with Gasteiger partial charge >= 0.3 is 0 Å². The summed E-state index contributed by atoms with van der Waals surface area (Å²) < 4.78 is 18.6. The molecule has 0 atom stereocenters. The zero-order chi connectivity index (χ0) is 13.5. The molecule has 1 rings (SSSR count). The molecule has 0 radical (unpaired) electrons. The van der Waals surface area contributed by atoms with Crippen LogP contribution in [0.25, 0.3) is 0 Å². The van der Waals surface area contributed by atoms with Gasteiger partial charge in [-0.2, -0.15) is 0 Å². The molecule has 0 aromatic heterocycles. The van der Waals surface area contributed by atoms with Crippen LogP contribution in [0.5, 0.6) is 5.75 Å². The van der Waals surface area contributed by atoms with E-state index in [4.69, 9.17) is 10.5 Å². The van der Waals surface area contributed by atoms with E-state index in [2.05, 4.69) is 0 Å². The minimum absolute atomic E-state index is 0.0299. The number of carbonyl (C=O) groups is 1. The van der Waals surface area contributed by atoms with E-state index in [-0.39, 0.29) is 30.9 Å². The van der Waals surface area contributed by atoms with Crippen molar-refractivity contribution in [3.05, 3.63) is 30.1 Å². The molecule has 18 heavy (non-hydrogen) atoms. The quantitative estimate of drug-likeness (QED) is 0.835. The summed E-state index contributed by atoms with van der Waals surface area (Å²) in [5.41, 5.74) is 5.33. The molecular weight excluding hydrogens is 235 g/mol.